The fourth-order valence-corrected chi connectivity index (χ4v) is 3.63. The fourth-order valence-electron chi connectivity index (χ4n) is 1.69. The van der Waals surface area contributed by atoms with Gasteiger partial charge < -0.3 is 5.32 Å². The van der Waals surface area contributed by atoms with Gasteiger partial charge in [-0.3, -0.25) is 0 Å². The minimum atomic E-state index is -3.46. The number of sulfonamides is 1. The molecule has 2 N–H and O–H groups in total. The molecule has 1 aromatic carbocycles. The van der Waals surface area contributed by atoms with E-state index in [1.54, 1.807) is 6.07 Å². The molecule has 2 rings (SSSR count). The molecular formula is C10H12BrClN2O2S. The number of halogens is 2. The summed E-state index contributed by atoms with van der Waals surface area (Å²) in [5.41, 5.74) is 0. The van der Waals surface area contributed by atoms with Gasteiger partial charge in [0, 0.05) is 17.1 Å². The average molecular weight is 340 g/mol. The molecule has 1 fully saturated rings. The molecule has 1 aliphatic rings. The summed E-state index contributed by atoms with van der Waals surface area (Å²) in [6.07, 6.45) is 0.813. The van der Waals surface area contributed by atoms with Crippen molar-refractivity contribution in [1.82, 2.24) is 10.0 Å². The topological polar surface area (TPSA) is 58.2 Å². The third kappa shape index (κ3) is 3.20. The van der Waals surface area contributed by atoms with Crippen molar-refractivity contribution in [3.8, 4) is 0 Å². The maximum absolute atomic E-state index is 12.0. The molecule has 0 amide bonds. The van der Waals surface area contributed by atoms with Crippen LogP contribution in [0.3, 0.4) is 0 Å². The normalized spacial score (nSPS) is 20.7. The predicted molar refractivity (Wildman–Crippen MR) is 70.7 cm³/mol. The Morgan fingerprint density at radius 1 is 1.47 bits per heavy atom. The number of hydrogen-bond acceptors (Lipinski definition) is 3. The van der Waals surface area contributed by atoms with E-state index in [0.717, 1.165) is 13.0 Å². The molecule has 94 valence electrons. The lowest BCUT2D eigenvalue weighted by Gasteiger charge is -2.12. The van der Waals surface area contributed by atoms with Gasteiger partial charge in [-0.2, -0.15) is 0 Å². The van der Waals surface area contributed by atoms with Crippen LogP contribution in [0.15, 0.2) is 27.6 Å². The summed E-state index contributed by atoms with van der Waals surface area (Å²) in [6, 6.07) is 4.53. The Labute approximate surface area is 114 Å². The molecule has 4 nitrogen and oxygen atoms in total. The molecule has 0 radical (unpaired) electrons. The number of nitrogens with one attached hydrogen (secondary N) is 2. The monoisotopic (exact) mass is 338 g/mol. The van der Waals surface area contributed by atoms with Gasteiger partial charge in [-0.25, -0.2) is 13.1 Å². The second-order valence-corrected chi connectivity index (χ2v) is 6.86. The zero-order valence-electron chi connectivity index (χ0n) is 8.91. The van der Waals surface area contributed by atoms with Crippen LogP contribution in [0.2, 0.25) is 5.02 Å². The maximum atomic E-state index is 12.0. The summed E-state index contributed by atoms with van der Waals surface area (Å²) in [4.78, 5) is 0.223. The Hall–Kier alpha value is -0.140. The van der Waals surface area contributed by atoms with Gasteiger partial charge in [0.2, 0.25) is 10.0 Å². The Balaban J connectivity index is 2.21. The Morgan fingerprint density at radius 3 is 2.82 bits per heavy atom. The molecule has 0 aromatic heterocycles. The highest BCUT2D eigenvalue weighted by molar-refractivity contribution is 9.10. The van der Waals surface area contributed by atoms with Crippen LogP contribution >= 0.6 is 27.5 Å². The van der Waals surface area contributed by atoms with Gasteiger partial charge >= 0.3 is 0 Å². The predicted octanol–water partition coefficient (Wildman–Crippen LogP) is 1.74. The lowest BCUT2D eigenvalue weighted by atomic mass is 10.3. The van der Waals surface area contributed by atoms with Gasteiger partial charge in [-0.15, -0.1) is 0 Å². The Bertz CT molecular complexity index is 515. The fraction of sp³-hybridized carbons (Fsp3) is 0.400. The van der Waals surface area contributed by atoms with Crippen molar-refractivity contribution >= 4 is 37.6 Å². The molecule has 1 aliphatic heterocycles. The van der Waals surface area contributed by atoms with Gasteiger partial charge in [-0.05, 0) is 47.1 Å². The van der Waals surface area contributed by atoms with Gasteiger partial charge in [0.05, 0.1) is 9.92 Å². The molecule has 0 spiro atoms. The number of rotatable bonds is 3. The van der Waals surface area contributed by atoms with Crippen molar-refractivity contribution in [3.05, 3.63) is 27.7 Å². The van der Waals surface area contributed by atoms with E-state index in [4.69, 9.17) is 11.6 Å². The highest BCUT2D eigenvalue weighted by atomic mass is 79.9. The summed E-state index contributed by atoms with van der Waals surface area (Å²) < 4.78 is 27.3. The second kappa shape index (κ2) is 5.24. The van der Waals surface area contributed by atoms with Crippen molar-refractivity contribution in [3.63, 3.8) is 0 Å². The zero-order chi connectivity index (χ0) is 12.5. The zero-order valence-corrected chi connectivity index (χ0v) is 12.1. The minimum Gasteiger partial charge on any atom is -0.315 e. The van der Waals surface area contributed by atoms with Gasteiger partial charge in [0.25, 0.3) is 0 Å². The second-order valence-electron chi connectivity index (χ2n) is 3.89. The van der Waals surface area contributed by atoms with E-state index >= 15 is 0 Å². The molecule has 0 saturated carbocycles. The van der Waals surface area contributed by atoms with E-state index in [-0.39, 0.29) is 10.9 Å². The van der Waals surface area contributed by atoms with Crippen molar-refractivity contribution in [2.75, 3.05) is 13.1 Å². The summed E-state index contributed by atoms with van der Waals surface area (Å²) in [5.74, 6) is 0. The van der Waals surface area contributed by atoms with Crippen molar-refractivity contribution in [2.24, 2.45) is 0 Å². The van der Waals surface area contributed by atoms with Crippen LogP contribution in [-0.2, 0) is 10.0 Å². The highest BCUT2D eigenvalue weighted by Gasteiger charge is 2.22. The van der Waals surface area contributed by atoms with Crippen molar-refractivity contribution in [1.29, 1.82) is 0 Å². The molecule has 1 saturated heterocycles. The van der Waals surface area contributed by atoms with Crippen LogP contribution in [0.5, 0.6) is 0 Å². The first-order valence-electron chi connectivity index (χ1n) is 5.17. The van der Waals surface area contributed by atoms with Crippen LogP contribution < -0.4 is 10.0 Å². The molecular weight excluding hydrogens is 328 g/mol. The third-order valence-corrected chi connectivity index (χ3v) is 5.32. The van der Waals surface area contributed by atoms with Gasteiger partial charge in [0.15, 0.2) is 0 Å². The first kappa shape index (κ1) is 13.3. The summed E-state index contributed by atoms with van der Waals surface area (Å²) in [5, 5.41) is 3.60. The lowest BCUT2D eigenvalue weighted by molar-refractivity contribution is 0.560. The standard InChI is InChI=1S/C10H12BrClN2O2S/c11-9-5-8(1-2-10(9)12)17(15,16)14-7-3-4-13-6-7/h1-2,5,7,13-14H,3-4,6H2. The largest absolute Gasteiger partial charge is 0.315 e. The summed E-state index contributed by atoms with van der Waals surface area (Å²) in [7, 11) is -3.46. The Morgan fingerprint density at radius 2 is 2.24 bits per heavy atom. The summed E-state index contributed by atoms with van der Waals surface area (Å²) in [6.45, 7) is 1.52. The molecule has 0 bridgehead atoms. The van der Waals surface area contributed by atoms with E-state index < -0.39 is 10.0 Å². The lowest BCUT2D eigenvalue weighted by Crippen LogP contribution is -2.36. The minimum absolute atomic E-state index is 0.0329. The van der Waals surface area contributed by atoms with Crippen molar-refractivity contribution in [2.45, 2.75) is 17.4 Å². The van der Waals surface area contributed by atoms with Gasteiger partial charge in [0.1, 0.15) is 0 Å². The molecule has 7 heteroatoms. The molecule has 1 unspecified atom stereocenters. The van der Waals surface area contributed by atoms with Crippen LogP contribution in [0.4, 0.5) is 0 Å². The van der Waals surface area contributed by atoms with E-state index in [1.807, 2.05) is 0 Å². The maximum Gasteiger partial charge on any atom is 0.240 e. The van der Waals surface area contributed by atoms with Crippen LogP contribution in [0, 0.1) is 0 Å². The number of benzene rings is 1. The van der Waals surface area contributed by atoms with Gasteiger partial charge in [-0.1, -0.05) is 11.6 Å². The number of hydrogen-bond donors (Lipinski definition) is 2. The van der Waals surface area contributed by atoms with E-state index in [9.17, 15) is 8.42 Å². The SMILES string of the molecule is O=S(=O)(NC1CCNC1)c1ccc(Cl)c(Br)c1. The highest BCUT2D eigenvalue weighted by Crippen LogP contribution is 2.25. The van der Waals surface area contributed by atoms with E-state index in [0.29, 0.717) is 16.0 Å². The molecule has 17 heavy (non-hydrogen) atoms. The quantitative estimate of drug-likeness (QED) is 0.882. The van der Waals surface area contributed by atoms with E-state index in [1.165, 1.54) is 12.1 Å². The van der Waals surface area contributed by atoms with Crippen LogP contribution in [0.1, 0.15) is 6.42 Å². The summed E-state index contributed by atoms with van der Waals surface area (Å²) >= 11 is 9.04. The Kier molecular flexibility index (Phi) is 4.10. The van der Waals surface area contributed by atoms with Crippen LogP contribution in [-0.4, -0.2) is 27.5 Å². The molecule has 1 heterocycles. The molecule has 0 aliphatic carbocycles. The average Bonchev–Trinajstić information content (AvgIpc) is 2.73. The van der Waals surface area contributed by atoms with E-state index in [2.05, 4.69) is 26.0 Å². The smallest absolute Gasteiger partial charge is 0.240 e. The third-order valence-electron chi connectivity index (χ3n) is 2.58. The van der Waals surface area contributed by atoms with Crippen LogP contribution in [0.25, 0.3) is 0 Å². The molecule has 1 aromatic rings. The first-order chi connectivity index (χ1) is 7.99. The first-order valence-corrected chi connectivity index (χ1v) is 7.82. The molecule has 1 atom stereocenters. The van der Waals surface area contributed by atoms with Crippen molar-refractivity contribution < 1.29 is 8.42 Å².